The van der Waals surface area contributed by atoms with E-state index in [0.717, 1.165) is 52.8 Å². The highest BCUT2D eigenvalue weighted by Crippen LogP contribution is 2.30. The summed E-state index contributed by atoms with van der Waals surface area (Å²) >= 11 is 0. The SMILES string of the molecule is N#C/C(=C\c1c2ccccc2cc2ccccc12)C(=O)NC1CCCC1. The molecule has 1 N–H and O–H groups in total. The van der Waals surface area contributed by atoms with E-state index in [-0.39, 0.29) is 17.5 Å². The van der Waals surface area contributed by atoms with Gasteiger partial charge in [-0.2, -0.15) is 5.26 Å². The molecule has 0 bridgehead atoms. The molecule has 0 aromatic heterocycles. The number of hydrogen-bond acceptors (Lipinski definition) is 2. The van der Waals surface area contributed by atoms with Crippen LogP contribution in [0.2, 0.25) is 0 Å². The van der Waals surface area contributed by atoms with Gasteiger partial charge in [0.25, 0.3) is 5.91 Å². The van der Waals surface area contributed by atoms with Crippen molar-refractivity contribution >= 4 is 33.5 Å². The first-order valence-electron chi connectivity index (χ1n) is 9.09. The third-order valence-corrected chi connectivity index (χ3v) is 5.16. The molecule has 1 aliphatic carbocycles. The van der Waals surface area contributed by atoms with Crippen LogP contribution in [0.4, 0.5) is 0 Å². The van der Waals surface area contributed by atoms with E-state index in [4.69, 9.17) is 0 Å². The zero-order valence-corrected chi connectivity index (χ0v) is 14.5. The summed E-state index contributed by atoms with van der Waals surface area (Å²) in [6, 6.07) is 20.6. The summed E-state index contributed by atoms with van der Waals surface area (Å²) in [5.41, 5.74) is 1.09. The number of hydrogen-bond donors (Lipinski definition) is 1. The van der Waals surface area contributed by atoms with E-state index in [0.29, 0.717) is 0 Å². The normalized spacial score (nSPS) is 15.3. The molecule has 4 rings (SSSR count). The van der Waals surface area contributed by atoms with Crippen LogP contribution in [0.15, 0.2) is 60.2 Å². The zero-order valence-electron chi connectivity index (χ0n) is 14.5. The van der Waals surface area contributed by atoms with Gasteiger partial charge in [0.1, 0.15) is 11.6 Å². The second kappa shape index (κ2) is 7.01. The Bertz CT molecular complexity index is 999. The summed E-state index contributed by atoms with van der Waals surface area (Å²) in [5.74, 6) is -0.267. The average molecular weight is 340 g/mol. The van der Waals surface area contributed by atoms with Crippen LogP contribution in [0, 0.1) is 11.3 Å². The van der Waals surface area contributed by atoms with Crippen LogP contribution in [0.25, 0.3) is 27.6 Å². The molecule has 26 heavy (non-hydrogen) atoms. The van der Waals surface area contributed by atoms with E-state index in [1.165, 1.54) is 0 Å². The number of benzene rings is 3. The number of carbonyl (C=O) groups excluding carboxylic acids is 1. The minimum atomic E-state index is -0.267. The maximum Gasteiger partial charge on any atom is 0.262 e. The Morgan fingerprint density at radius 3 is 2.15 bits per heavy atom. The number of carbonyl (C=O) groups is 1. The topological polar surface area (TPSA) is 52.9 Å². The van der Waals surface area contributed by atoms with Crippen molar-refractivity contribution in [3.05, 3.63) is 65.7 Å². The van der Waals surface area contributed by atoms with Gasteiger partial charge < -0.3 is 5.32 Å². The van der Waals surface area contributed by atoms with Crippen molar-refractivity contribution in [1.82, 2.24) is 5.32 Å². The predicted molar refractivity (Wildman–Crippen MR) is 105 cm³/mol. The third-order valence-electron chi connectivity index (χ3n) is 5.16. The standard InChI is InChI=1S/C23H20N2O/c24-15-18(23(26)25-19-9-3-4-10-19)14-22-20-11-5-1-7-16(20)13-17-8-2-6-12-21(17)22/h1-2,5-8,11-14,19H,3-4,9-10H2,(H,25,26)/b18-14+. The van der Waals surface area contributed by atoms with Gasteiger partial charge in [-0.3, -0.25) is 4.79 Å². The molecule has 1 amide bonds. The van der Waals surface area contributed by atoms with Gasteiger partial charge >= 0.3 is 0 Å². The lowest BCUT2D eigenvalue weighted by atomic mass is 9.95. The summed E-state index contributed by atoms with van der Waals surface area (Å²) in [6.45, 7) is 0. The molecule has 0 radical (unpaired) electrons. The second-order valence-electron chi connectivity index (χ2n) is 6.86. The smallest absolute Gasteiger partial charge is 0.262 e. The molecule has 3 heteroatoms. The van der Waals surface area contributed by atoms with Gasteiger partial charge in [-0.25, -0.2) is 0 Å². The molecule has 0 unspecified atom stereocenters. The fourth-order valence-electron chi connectivity index (χ4n) is 3.83. The van der Waals surface area contributed by atoms with Gasteiger partial charge in [-0.05, 0) is 52.1 Å². The first-order chi connectivity index (χ1) is 12.8. The summed E-state index contributed by atoms with van der Waals surface area (Å²) < 4.78 is 0. The van der Waals surface area contributed by atoms with E-state index in [1.54, 1.807) is 6.08 Å². The van der Waals surface area contributed by atoms with E-state index < -0.39 is 0 Å². The lowest BCUT2D eigenvalue weighted by molar-refractivity contribution is -0.117. The summed E-state index contributed by atoms with van der Waals surface area (Å²) in [6.07, 6.45) is 6.03. The molecule has 1 saturated carbocycles. The average Bonchev–Trinajstić information content (AvgIpc) is 3.18. The first kappa shape index (κ1) is 16.4. The van der Waals surface area contributed by atoms with E-state index in [1.807, 2.05) is 36.4 Å². The molecule has 0 aliphatic heterocycles. The molecular weight excluding hydrogens is 320 g/mol. The molecule has 0 spiro atoms. The Morgan fingerprint density at radius 1 is 1.00 bits per heavy atom. The summed E-state index contributed by atoms with van der Waals surface area (Å²) in [7, 11) is 0. The molecule has 0 saturated heterocycles. The first-order valence-corrected chi connectivity index (χ1v) is 9.09. The molecular formula is C23H20N2O. The number of nitrogens with zero attached hydrogens (tertiary/aromatic N) is 1. The van der Waals surface area contributed by atoms with Crippen LogP contribution in [0.1, 0.15) is 31.2 Å². The molecule has 3 aromatic carbocycles. The van der Waals surface area contributed by atoms with Gasteiger partial charge in [0.05, 0.1) is 0 Å². The minimum absolute atomic E-state index is 0.165. The van der Waals surface area contributed by atoms with Gasteiger partial charge in [-0.1, -0.05) is 61.4 Å². The van der Waals surface area contributed by atoms with Crippen molar-refractivity contribution in [2.75, 3.05) is 0 Å². The number of amides is 1. The molecule has 128 valence electrons. The molecule has 3 aromatic rings. The highest BCUT2D eigenvalue weighted by Gasteiger charge is 2.19. The molecule has 0 heterocycles. The van der Waals surface area contributed by atoms with E-state index in [9.17, 15) is 10.1 Å². The van der Waals surface area contributed by atoms with E-state index >= 15 is 0 Å². The fraction of sp³-hybridized carbons (Fsp3) is 0.217. The number of rotatable bonds is 3. The van der Waals surface area contributed by atoms with Gasteiger partial charge in [0.2, 0.25) is 0 Å². The Hall–Kier alpha value is -3.12. The van der Waals surface area contributed by atoms with Crippen LogP contribution in [0.3, 0.4) is 0 Å². The van der Waals surface area contributed by atoms with Gasteiger partial charge in [0, 0.05) is 6.04 Å². The van der Waals surface area contributed by atoms with E-state index in [2.05, 4.69) is 29.6 Å². The molecule has 1 aliphatic rings. The lowest BCUT2D eigenvalue weighted by Crippen LogP contribution is -2.33. The van der Waals surface area contributed by atoms with Crippen LogP contribution < -0.4 is 5.32 Å². The van der Waals surface area contributed by atoms with Gasteiger partial charge in [-0.15, -0.1) is 0 Å². The Labute approximate surface area is 152 Å². The lowest BCUT2D eigenvalue weighted by Gasteiger charge is -2.12. The fourth-order valence-corrected chi connectivity index (χ4v) is 3.83. The van der Waals surface area contributed by atoms with Crippen molar-refractivity contribution in [1.29, 1.82) is 5.26 Å². The molecule has 0 atom stereocenters. The quantitative estimate of drug-likeness (QED) is 0.416. The highest BCUT2D eigenvalue weighted by atomic mass is 16.1. The Balaban J connectivity index is 1.84. The minimum Gasteiger partial charge on any atom is -0.349 e. The maximum absolute atomic E-state index is 12.6. The largest absolute Gasteiger partial charge is 0.349 e. The Kier molecular flexibility index (Phi) is 4.41. The highest BCUT2D eigenvalue weighted by molar-refractivity contribution is 6.11. The Morgan fingerprint density at radius 2 is 1.58 bits per heavy atom. The van der Waals surface area contributed by atoms with Crippen molar-refractivity contribution in [3.63, 3.8) is 0 Å². The summed E-state index contributed by atoms with van der Waals surface area (Å²) in [4.78, 5) is 12.6. The van der Waals surface area contributed by atoms with Crippen molar-refractivity contribution in [2.24, 2.45) is 0 Å². The van der Waals surface area contributed by atoms with Crippen molar-refractivity contribution < 1.29 is 4.79 Å². The van der Waals surface area contributed by atoms with Crippen molar-refractivity contribution in [3.8, 4) is 6.07 Å². The second-order valence-corrected chi connectivity index (χ2v) is 6.86. The third kappa shape index (κ3) is 3.07. The van der Waals surface area contributed by atoms with Crippen LogP contribution >= 0.6 is 0 Å². The number of nitriles is 1. The van der Waals surface area contributed by atoms with Crippen molar-refractivity contribution in [2.45, 2.75) is 31.7 Å². The number of fused-ring (bicyclic) bond motifs is 2. The monoisotopic (exact) mass is 340 g/mol. The number of nitrogens with one attached hydrogen (secondary N) is 1. The zero-order chi connectivity index (χ0) is 17.9. The van der Waals surface area contributed by atoms with Crippen LogP contribution in [-0.2, 0) is 4.79 Å². The molecule has 1 fully saturated rings. The summed E-state index contributed by atoms with van der Waals surface area (Å²) in [5, 5.41) is 16.9. The molecule has 3 nitrogen and oxygen atoms in total. The predicted octanol–water partition coefficient (Wildman–Crippen LogP) is 4.96. The maximum atomic E-state index is 12.6. The van der Waals surface area contributed by atoms with Crippen LogP contribution in [-0.4, -0.2) is 11.9 Å². The van der Waals surface area contributed by atoms with Gasteiger partial charge in [0.15, 0.2) is 0 Å². The van der Waals surface area contributed by atoms with Crippen LogP contribution in [0.5, 0.6) is 0 Å².